The fourth-order valence-electron chi connectivity index (χ4n) is 5.10. The molecule has 2 aromatic rings. The van der Waals surface area contributed by atoms with E-state index >= 15 is 0 Å². The predicted molar refractivity (Wildman–Crippen MR) is 170 cm³/mol. The van der Waals surface area contributed by atoms with Crippen LogP contribution in [0.4, 0.5) is 4.39 Å². The molecule has 0 spiro atoms. The number of rotatable bonds is 10. The van der Waals surface area contributed by atoms with Crippen LogP contribution in [0.3, 0.4) is 0 Å². The summed E-state index contributed by atoms with van der Waals surface area (Å²) in [5, 5.41) is 23.1. The van der Waals surface area contributed by atoms with E-state index in [-0.39, 0.29) is 31.7 Å². The van der Waals surface area contributed by atoms with Crippen LogP contribution in [0.1, 0.15) is 56.7 Å². The molecular weight excluding hydrogens is 613 g/mol. The van der Waals surface area contributed by atoms with Gasteiger partial charge in [0.1, 0.15) is 23.9 Å². The Morgan fingerprint density at radius 1 is 0.936 bits per heavy atom. The summed E-state index contributed by atoms with van der Waals surface area (Å²) in [5.41, 5.74) is 1.35. The molecule has 1 heterocycles. The Kier molecular flexibility index (Phi) is 13.9. The molecule has 47 heavy (non-hydrogen) atoms. The summed E-state index contributed by atoms with van der Waals surface area (Å²) in [5.74, 6) is -2.87. The van der Waals surface area contributed by atoms with Crippen molar-refractivity contribution in [1.82, 2.24) is 26.6 Å². The first-order chi connectivity index (χ1) is 22.4. The number of aliphatic hydroxyl groups excluding tert-OH is 1. The van der Waals surface area contributed by atoms with Crippen molar-refractivity contribution >= 4 is 29.5 Å². The van der Waals surface area contributed by atoms with E-state index < -0.39 is 66.1 Å². The normalized spacial score (nSPS) is 21.3. The fraction of sp³-hybridized carbons (Fsp3) is 0.485. The van der Waals surface area contributed by atoms with Crippen molar-refractivity contribution in [2.45, 2.75) is 70.1 Å². The van der Waals surface area contributed by atoms with Gasteiger partial charge in [-0.05, 0) is 60.6 Å². The number of halogens is 1. The number of methoxy groups -OCH3 is 2. The van der Waals surface area contributed by atoms with Crippen LogP contribution in [-0.4, -0.2) is 80.1 Å². The predicted octanol–water partition coefficient (Wildman–Crippen LogP) is 1.04. The summed E-state index contributed by atoms with van der Waals surface area (Å²) in [6.07, 6.45) is 0.569. The van der Waals surface area contributed by atoms with Gasteiger partial charge in [0.2, 0.25) is 29.5 Å². The zero-order valence-corrected chi connectivity index (χ0v) is 27.1. The van der Waals surface area contributed by atoms with Crippen molar-refractivity contribution in [2.75, 3.05) is 27.4 Å². The van der Waals surface area contributed by atoms with Gasteiger partial charge in [0, 0.05) is 13.0 Å². The number of carbonyl (C=O) groups excluding carboxylic acids is 5. The maximum Gasteiger partial charge on any atom is 0.245 e. The Labute approximate surface area is 273 Å². The van der Waals surface area contributed by atoms with Crippen LogP contribution in [0.15, 0.2) is 42.5 Å². The molecule has 6 N–H and O–H groups in total. The van der Waals surface area contributed by atoms with E-state index in [2.05, 4.69) is 26.6 Å². The molecule has 0 aliphatic carbocycles. The van der Waals surface area contributed by atoms with Crippen LogP contribution in [0, 0.1) is 11.7 Å². The lowest BCUT2D eigenvalue weighted by atomic mass is 10.0. The van der Waals surface area contributed by atoms with Gasteiger partial charge >= 0.3 is 0 Å². The molecular formula is C33H44FN5O8. The molecule has 13 nitrogen and oxygen atoms in total. The molecule has 0 unspecified atom stereocenters. The van der Waals surface area contributed by atoms with Crippen LogP contribution in [0.2, 0.25) is 0 Å². The first-order valence-corrected chi connectivity index (χ1v) is 15.5. The highest BCUT2D eigenvalue weighted by Gasteiger charge is 2.32. The second-order valence-electron chi connectivity index (χ2n) is 11.6. The lowest BCUT2D eigenvalue weighted by molar-refractivity contribution is -0.134. The van der Waals surface area contributed by atoms with Gasteiger partial charge in [-0.15, -0.1) is 0 Å². The quantitative estimate of drug-likeness (QED) is 0.205. The van der Waals surface area contributed by atoms with E-state index in [1.54, 1.807) is 34.1 Å². The third kappa shape index (κ3) is 10.9. The minimum Gasteiger partial charge on any atom is -0.493 e. The van der Waals surface area contributed by atoms with Gasteiger partial charge in [-0.25, -0.2) is 4.39 Å². The van der Waals surface area contributed by atoms with E-state index in [1.807, 2.05) is 12.1 Å². The molecule has 14 heteroatoms. The van der Waals surface area contributed by atoms with E-state index in [1.165, 1.54) is 24.3 Å². The fourth-order valence-corrected chi connectivity index (χ4v) is 5.10. The summed E-state index contributed by atoms with van der Waals surface area (Å²) < 4.78 is 24.3. The van der Waals surface area contributed by atoms with Crippen LogP contribution >= 0.6 is 0 Å². The van der Waals surface area contributed by atoms with Gasteiger partial charge in [0.05, 0.1) is 33.3 Å². The van der Waals surface area contributed by atoms with E-state index in [0.717, 1.165) is 5.56 Å². The van der Waals surface area contributed by atoms with Crippen molar-refractivity contribution in [3.63, 3.8) is 0 Å². The van der Waals surface area contributed by atoms with Gasteiger partial charge < -0.3 is 41.2 Å². The van der Waals surface area contributed by atoms with E-state index in [4.69, 9.17) is 9.47 Å². The Bertz CT molecular complexity index is 1400. The number of hydrogen-bond donors (Lipinski definition) is 6. The van der Waals surface area contributed by atoms with Crippen LogP contribution < -0.4 is 36.1 Å². The summed E-state index contributed by atoms with van der Waals surface area (Å²) in [6, 6.07) is 6.13. The van der Waals surface area contributed by atoms with Crippen LogP contribution in [-0.2, 0) is 30.4 Å². The molecule has 1 aliphatic rings. The third-order valence-electron chi connectivity index (χ3n) is 7.76. The number of nitrogens with one attached hydrogen (secondary N) is 5. The standard InChI is InChI=1S/C33H44FN5O8/c1-19(2)30-33(45)38-25(18-40)32(44)37-24(21-8-10-22(34)11-9-21)17-29(42)36-23(12-14-28(41)39-30)31(43)35-15-5-6-20-7-13-26(46-3)27(16-20)47-4/h7-11,13,16,19,23-25,30,40H,5-6,12,14-15,17-18H2,1-4H3,(H,35,43)(H,36,42)(H,37,44)(H,38,45)(H,39,41)/t23-,24+,25-,30+/m0/s1. The SMILES string of the molecule is COc1ccc(CCCNC(=O)[C@@H]2CCC(=O)N[C@H](C(C)C)C(=O)N[C@@H](CO)C(=O)N[C@@H](c3ccc(F)cc3)CC(=O)N2)cc1OC. The molecule has 5 amide bonds. The van der Waals surface area contributed by atoms with Crippen LogP contribution in [0.5, 0.6) is 11.5 Å². The molecule has 1 saturated heterocycles. The number of benzene rings is 2. The van der Waals surface area contributed by atoms with Gasteiger partial charge in [0.25, 0.3) is 0 Å². The molecule has 0 radical (unpaired) electrons. The maximum absolute atomic E-state index is 13.7. The number of aliphatic hydroxyl groups is 1. The van der Waals surface area contributed by atoms with Gasteiger partial charge in [-0.3, -0.25) is 24.0 Å². The molecule has 4 atom stereocenters. The summed E-state index contributed by atoms with van der Waals surface area (Å²) >= 11 is 0. The Morgan fingerprint density at radius 3 is 2.28 bits per heavy atom. The largest absolute Gasteiger partial charge is 0.493 e. The highest BCUT2D eigenvalue weighted by molar-refractivity contribution is 5.93. The van der Waals surface area contributed by atoms with Crippen LogP contribution in [0.25, 0.3) is 0 Å². The lowest BCUT2D eigenvalue weighted by Gasteiger charge is -2.26. The Hall–Kier alpha value is -4.72. The number of aryl methyl sites for hydroxylation is 1. The van der Waals surface area contributed by atoms with E-state index in [9.17, 15) is 33.5 Å². The van der Waals surface area contributed by atoms with Gasteiger partial charge in [0.15, 0.2) is 11.5 Å². The van der Waals surface area contributed by atoms with E-state index in [0.29, 0.717) is 29.9 Å². The molecule has 0 aromatic heterocycles. The highest BCUT2D eigenvalue weighted by atomic mass is 19.1. The minimum absolute atomic E-state index is 0.0711. The molecule has 1 fully saturated rings. The second kappa shape index (κ2) is 17.8. The van der Waals surface area contributed by atoms with Crippen molar-refractivity contribution < 1.29 is 42.9 Å². The topological polar surface area (TPSA) is 184 Å². The lowest BCUT2D eigenvalue weighted by Crippen LogP contribution is -2.56. The first-order valence-electron chi connectivity index (χ1n) is 15.5. The second-order valence-corrected chi connectivity index (χ2v) is 11.6. The molecule has 1 aliphatic heterocycles. The van der Waals surface area contributed by atoms with Crippen molar-refractivity contribution in [3.05, 3.63) is 59.4 Å². The molecule has 2 aromatic carbocycles. The Balaban J connectivity index is 1.79. The monoisotopic (exact) mass is 657 g/mol. The zero-order chi connectivity index (χ0) is 34.5. The van der Waals surface area contributed by atoms with Gasteiger partial charge in [-0.1, -0.05) is 32.0 Å². The summed E-state index contributed by atoms with van der Waals surface area (Å²) in [7, 11) is 3.09. The average Bonchev–Trinajstić information content (AvgIpc) is 3.05. The zero-order valence-electron chi connectivity index (χ0n) is 27.1. The van der Waals surface area contributed by atoms with Crippen molar-refractivity contribution in [3.8, 4) is 11.5 Å². The number of hydrogen-bond acceptors (Lipinski definition) is 8. The summed E-state index contributed by atoms with van der Waals surface area (Å²) in [6.45, 7) is 2.93. The average molecular weight is 658 g/mol. The van der Waals surface area contributed by atoms with Crippen molar-refractivity contribution in [1.29, 1.82) is 0 Å². The number of amides is 5. The van der Waals surface area contributed by atoms with Gasteiger partial charge in [-0.2, -0.15) is 0 Å². The molecule has 0 bridgehead atoms. The number of ether oxygens (including phenoxy) is 2. The molecule has 0 saturated carbocycles. The molecule has 256 valence electrons. The first kappa shape index (κ1) is 36.7. The molecule has 3 rings (SSSR count). The smallest absolute Gasteiger partial charge is 0.245 e. The highest BCUT2D eigenvalue weighted by Crippen LogP contribution is 2.28. The summed E-state index contributed by atoms with van der Waals surface area (Å²) in [4.78, 5) is 65.7. The Morgan fingerprint density at radius 2 is 1.64 bits per heavy atom. The minimum atomic E-state index is -1.39. The maximum atomic E-state index is 13.7. The third-order valence-corrected chi connectivity index (χ3v) is 7.76. The van der Waals surface area contributed by atoms with Crippen molar-refractivity contribution in [2.24, 2.45) is 5.92 Å². The number of carbonyl (C=O) groups is 5.